The molecule has 0 unspecified atom stereocenters. The number of halogens is 3. The first kappa shape index (κ1) is 24.0. The summed E-state index contributed by atoms with van der Waals surface area (Å²) in [5, 5.41) is 0. The highest BCUT2D eigenvalue weighted by Gasteiger charge is 2.30. The molecule has 0 N–H and O–H groups in total. The molecule has 0 bridgehead atoms. The van der Waals surface area contributed by atoms with Gasteiger partial charge in [0.2, 0.25) is 0 Å². The summed E-state index contributed by atoms with van der Waals surface area (Å²) in [5.41, 5.74) is 1.51. The first-order valence-corrected chi connectivity index (χ1v) is 10.2. The van der Waals surface area contributed by atoms with E-state index in [-0.39, 0.29) is 6.10 Å². The van der Waals surface area contributed by atoms with Gasteiger partial charge in [-0.2, -0.15) is 13.2 Å². The van der Waals surface area contributed by atoms with Gasteiger partial charge in [-0.3, -0.25) is 4.79 Å². The van der Waals surface area contributed by atoms with Crippen LogP contribution in [0.2, 0.25) is 0 Å². The maximum atomic E-state index is 12.2. The Morgan fingerprint density at radius 3 is 2.17 bits per heavy atom. The largest absolute Gasteiger partial charge is 0.462 e. The van der Waals surface area contributed by atoms with Crippen LogP contribution in [0.5, 0.6) is 0 Å². The highest BCUT2D eigenvalue weighted by Crippen LogP contribution is 2.34. The fraction of sp³-hybridized carbons (Fsp3) is 0.565. The Hall–Kier alpha value is -2.31. The van der Waals surface area contributed by atoms with Gasteiger partial charge in [-0.1, -0.05) is 24.3 Å². The van der Waals surface area contributed by atoms with Crippen molar-refractivity contribution in [2.24, 2.45) is 0 Å². The maximum Gasteiger partial charge on any atom is 0.389 e. The molecule has 1 fully saturated rings. The molecule has 1 aromatic carbocycles. The van der Waals surface area contributed by atoms with E-state index in [1.54, 1.807) is 6.08 Å². The molecule has 4 nitrogen and oxygen atoms in total. The van der Waals surface area contributed by atoms with E-state index in [4.69, 9.17) is 9.47 Å². The lowest BCUT2D eigenvalue weighted by molar-refractivity contribution is -0.162. The maximum absolute atomic E-state index is 12.2. The minimum atomic E-state index is -4.34. The third-order valence-corrected chi connectivity index (χ3v) is 4.81. The van der Waals surface area contributed by atoms with Crippen LogP contribution in [0.4, 0.5) is 13.2 Å². The van der Waals surface area contributed by atoms with Gasteiger partial charge in [-0.05, 0) is 69.6 Å². The summed E-state index contributed by atoms with van der Waals surface area (Å²) in [7, 11) is 0. The van der Waals surface area contributed by atoms with Gasteiger partial charge < -0.3 is 9.47 Å². The first-order valence-electron chi connectivity index (χ1n) is 10.2. The predicted molar refractivity (Wildman–Crippen MR) is 108 cm³/mol. The predicted octanol–water partition coefficient (Wildman–Crippen LogP) is 5.95. The van der Waals surface area contributed by atoms with Crippen molar-refractivity contribution in [1.82, 2.24) is 0 Å². The van der Waals surface area contributed by atoms with Crippen molar-refractivity contribution in [3.63, 3.8) is 0 Å². The number of esters is 2. The average molecular weight is 426 g/mol. The standard InChI is InChI=1S/C23H29F3O4/c1-22(2,3)30-21(28)13-6-16-4-7-17(8-5-16)18-9-11-19(12-10-18)29-20(27)14-15-23(24,25)26/h4-8,13,18-19H,9-12,14-15H2,1-3H3/b13-6+. The van der Waals surface area contributed by atoms with Crippen LogP contribution in [-0.2, 0) is 19.1 Å². The highest BCUT2D eigenvalue weighted by atomic mass is 19.4. The quantitative estimate of drug-likeness (QED) is 0.416. The Morgan fingerprint density at radius 1 is 1.03 bits per heavy atom. The summed E-state index contributed by atoms with van der Waals surface area (Å²) >= 11 is 0. The molecule has 1 saturated carbocycles. The van der Waals surface area contributed by atoms with E-state index in [1.165, 1.54) is 6.08 Å². The number of rotatable bonds is 6. The first-order chi connectivity index (χ1) is 13.9. The fourth-order valence-corrected chi connectivity index (χ4v) is 3.38. The van der Waals surface area contributed by atoms with Crippen molar-refractivity contribution in [2.45, 2.75) is 83.1 Å². The van der Waals surface area contributed by atoms with Crippen LogP contribution in [0.1, 0.15) is 76.3 Å². The van der Waals surface area contributed by atoms with Crippen LogP contribution < -0.4 is 0 Å². The molecular formula is C23H29F3O4. The Morgan fingerprint density at radius 2 is 1.63 bits per heavy atom. The van der Waals surface area contributed by atoms with Gasteiger partial charge in [-0.25, -0.2) is 4.79 Å². The minimum Gasteiger partial charge on any atom is -0.462 e. The van der Waals surface area contributed by atoms with Crippen molar-refractivity contribution in [3.05, 3.63) is 41.5 Å². The number of carbonyl (C=O) groups excluding carboxylic acids is 2. The molecule has 1 aliphatic rings. The number of carbonyl (C=O) groups is 2. The molecule has 0 aromatic heterocycles. The van der Waals surface area contributed by atoms with E-state index >= 15 is 0 Å². The molecule has 0 amide bonds. The van der Waals surface area contributed by atoms with Crippen LogP contribution in [0.15, 0.2) is 30.3 Å². The van der Waals surface area contributed by atoms with E-state index in [1.807, 2.05) is 45.0 Å². The zero-order chi connectivity index (χ0) is 22.4. The summed E-state index contributed by atoms with van der Waals surface area (Å²) in [6.07, 6.45) is -0.408. The lowest BCUT2D eigenvalue weighted by Gasteiger charge is -2.28. The topological polar surface area (TPSA) is 52.6 Å². The smallest absolute Gasteiger partial charge is 0.389 e. The summed E-state index contributed by atoms with van der Waals surface area (Å²) in [4.78, 5) is 23.3. The molecular weight excluding hydrogens is 397 g/mol. The fourth-order valence-electron chi connectivity index (χ4n) is 3.38. The van der Waals surface area contributed by atoms with Crippen LogP contribution in [0.3, 0.4) is 0 Å². The molecule has 0 spiro atoms. The number of hydrogen-bond donors (Lipinski definition) is 0. The van der Waals surface area contributed by atoms with Crippen molar-refractivity contribution >= 4 is 18.0 Å². The summed E-state index contributed by atoms with van der Waals surface area (Å²) in [5.74, 6) is -0.856. The third-order valence-electron chi connectivity index (χ3n) is 4.81. The molecule has 1 aliphatic carbocycles. The number of ether oxygens (including phenoxy) is 2. The van der Waals surface area contributed by atoms with E-state index in [0.717, 1.165) is 24.0 Å². The highest BCUT2D eigenvalue weighted by molar-refractivity contribution is 5.87. The average Bonchev–Trinajstić information content (AvgIpc) is 2.64. The number of benzene rings is 1. The molecule has 0 atom stereocenters. The number of alkyl halides is 3. The summed E-state index contributed by atoms with van der Waals surface area (Å²) in [6.45, 7) is 5.43. The normalized spacial score (nSPS) is 20.2. The Bertz CT molecular complexity index is 737. The second-order valence-corrected chi connectivity index (χ2v) is 8.61. The molecule has 1 aromatic rings. The van der Waals surface area contributed by atoms with Crippen LogP contribution in [0, 0.1) is 0 Å². The van der Waals surface area contributed by atoms with Gasteiger partial charge in [0.25, 0.3) is 0 Å². The number of hydrogen-bond acceptors (Lipinski definition) is 4. The van der Waals surface area contributed by atoms with E-state index in [0.29, 0.717) is 18.8 Å². The van der Waals surface area contributed by atoms with Crippen molar-refractivity contribution in [3.8, 4) is 0 Å². The lowest BCUT2D eigenvalue weighted by Crippen LogP contribution is -2.24. The third kappa shape index (κ3) is 9.01. The van der Waals surface area contributed by atoms with Crippen molar-refractivity contribution < 1.29 is 32.2 Å². The zero-order valence-electron chi connectivity index (χ0n) is 17.6. The zero-order valence-corrected chi connectivity index (χ0v) is 17.6. The minimum absolute atomic E-state index is 0.307. The molecule has 166 valence electrons. The molecule has 30 heavy (non-hydrogen) atoms. The van der Waals surface area contributed by atoms with E-state index in [9.17, 15) is 22.8 Å². The second kappa shape index (κ2) is 10.1. The van der Waals surface area contributed by atoms with Gasteiger partial charge >= 0.3 is 18.1 Å². The van der Waals surface area contributed by atoms with Gasteiger partial charge in [0.1, 0.15) is 11.7 Å². The van der Waals surface area contributed by atoms with Crippen molar-refractivity contribution in [1.29, 1.82) is 0 Å². The van der Waals surface area contributed by atoms with Gasteiger partial charge in [0.05, 0.1) is 12.8 Å². The molecule has 0 heterocycles. The van der Waals surface area contributed by atoms with E-state index < -0.39 is 36.6 Å². The Balaban J connectivity index is 1.79. The van der Waals surface area contributed by atoms with Gasteiger partial charge in [0.15, 0.2) is 0 Å². The summed E-state index contributed by atoms with van der Waals surface area (Å²) < 4.78 is 47.0. The van der Waals surface area contributed by atoms with E-state index in [2.05, 4.69) is 0 Å². The van der Waals surface area contributed by atoms with Crippen LogP contribution in [-0.4, -0.2) is 29.8 Å². The second-order valence-electron chi connectivity index (χ2n) is 8.61. The van der Waals surface area contributed by atoms with Crippen molar-refractivity contribution in [2.75, 3.05) is 0 Å². The van der Waals surface area contributed by atoms with Crippen LogP contribution >= 0.6 is 0 Å². The lowest BCUT2D eigenvalue weighted by atomic mass is 9.82. The summed E-state index contributed by atoms with van der Waals surface area (Å²) in [6, 6.07) is 7.88. The van der Waals surface area contributed by atoms with Gasteiger partial charge in [-0.15, -0.1) is 0 Å². The molecule has 2 rings (SSSR count). The molecule has 0 saturated heterocycles. The SMILES string of the molecule is CC(C)(C)OC(=O)/C=C/c1ccc(C2CCC(OC(=O)CCC(F)(F)F)CC2)cc1. The Labute approximate surface area is 175 Å². The Kier molecular flexibility index (Phi) is 8.10. The monoisotopic (exact) mass is 426 g/mol. The molecule has 0 radical (unpaired) electrons. The molecule has 0 aliphatic heterocycles. The van der Waals surface area contributed by atoms with Crippen LogP contribution in [0.25, 0.3) is 6.08 Å². The van der Waals surface area contributed by atoms with Gasteiger partial charge in [0, 0.05) is 6.08 Å². The molecule has 7 heteroatoms.